The zero-order chi connectivity index (χ0) is 11.9. The van der Waals surface area contributed by atoms with Gasteiger partial charge in [-0.2, -0.15) is 24.9 Å². The number of rotatable bonds is 6. The average molecular weight is 244 g/mol. The van der Waals surface area contributed by atoms with E-state index in [4.69, 9.17) is 5.73 Å². The van der Waals surface area contributed by atoms with Crippen LogP contribution in [0.15, 0.2) is 0 Å². The number of amides is 1. The lowest BCUT2D eigenvalue weighted by Crippen LogP contribution is -2.42. The fourth-order valence-corrected chi connectivity index (χ4v) is 1.32. The van der Waals surface area contributed by atoms with Crippen molar-refractivity contribution in [3.05, 3.63) is 0 Å². The van der Waals surface area contributed by atoms with E-state index in [2.05, 4.69) is 5.32 Å². The Hall–Kier alpha value is -0.430. The van der Waals surface area contributed by atoms with Gasteiger partial charge in [-0.05, 0) is 18.4 Å². The monoisotopic (exact) mass is 244 g/mol. The molecule has 0 aliphatic carbocycles. The Morgan fingerprint density at radius 1 is 1.53 bits per heavy atom. The number of halogens is 3. The molecule has 15 heavy (non-hydrogen) atoms. The van der Waals surface area contributed by atoms with Gasteiger partial charge >= 0.3 is 6.18 Å². The van der Waals surface area contributed by atoms with Crippen LogP contribution in [-0.2, 0) is 4.79 Å². The number of hydrogen-bond donors (Lipinski definition) is 2. The molecule has 0 saturated heterocycles. The lowest BCUT2D eigenvalue weighted by molar-refractivity contribution is -0.135. The van der Waals surface area contributed by atoms with Crippen molar-refractivity contribution in [1.29, 1.82) is 0 Å². The SMILES string of the molecule is CSCC[C@@H](N)C(=O)NCCC(F)(F)F. The number of hydrogen-bond acceptors (Lipinski definition) is 3. The van der Waals surface area contributed by atoms with Crippen molar-refractivity contribution >= 4 is 17.7 Å². The summed E-state index contributed by atoms with van der Waals surface area (Å²) in [6.07, 6.45) is -2.92. The summed E-state index contributed by atoms with van der Waals surface area (Å²) in [5, 5.41) is 2.15. The van der Waals surface area contributed by atoms with Crippen molar-refractivity contribution in [1.82, 2.24) is 5.32 Å². The molecule has 0 spiro atoms. The summed E-state index contributed by atoms with van der Waals surface area (Å²) in [6, 6.07) is -0.717. The normalized spacial score (nSPS) is 13.7. The fourth-order valence-electron chi connectivity index (χ4n) is 0.834. The molecule has 90 valence electrons. The average Bonchev–Trinajstić information content (AvgIpc) is 2.11. The largest absolute Gasteiger partial charge is 0.390 e. The van der Waals surface area contributed by atoms with E-state index in [1.165, 1.54) is 11.8 Å². The van der Waals surface area contributed by atoms with Crippen LogP contribution in [0.3, 0.4) is 0 Å². The molecular formula is C8H15F3N2OS. The minimum atomic E-state index is -4.24. The molecule has 3 N–H and O–H groups in total. The Bertz CT molecular complexity index is 199. The van der Waals surface area contributed by atoms with Crippen LogP contribution in [-0.4, -0.2) is 36.7 Å². The molecule has 3 nitrogen and oxygen atoms in total. The van der Waals surface area contributed by atoms with Crippen molar-refractivity contribution in [2.75, 3.05) is 18.6 Å². The molecule has 0 aromatic heterocycles. The maximum atomic E-state index is 11.7. The van der Waals surface area contributed by atoms with Crippen LogP contribution in [0, 0.1) is 0 Å². The van der Waals surface area contributed by atoms with Gasteiger partial charge in [0.2, 0.25) is 5.91 Å². The van der Waals surface area contributed by atoms with Crippen LogP contribution in [0.2, 0.25) is 0 Å². The van der Waals surface area contributed by atoms with Crippen molar-refractivity contribution in [2.24, 2.45) is 5.73 Å². The number of carbonyl (C=O) groups is 1. The van der Waals surface area contributed by atoms with Gasteiger partial charge in [0.05, 0.1) is 12.5 Å². The van der Waals surface area contributed by atoms with Crippen molar-refractivity contribution < 1.29 is 18.0 Å². The summed E-state index contributed by atoms with van der Waals surface area (Å²) in [6.45, 7) is -0.407. The van der Waals surface area contributed by atoms with Gasteiger partial charge < -0.3 is 11.1 Å². The van der Waals surface area contributed by atoms with Gasteiger partial charge in [0.25, 0.3) is 0 Å². The van der Waals surface area contributed by atoms with E-state index < -0.39 is 31.1 Å². The molecule has 0 aromatic carbocycles. The van der Waals surface area contributed by atoms with Crippen LogP contribution >= 0.6 is 11.8 Å². The molecule has 0 saturated carbocycles. The first kappa shape index (κ1) is 14.6. The van der Waals surface area contributed by atoms with Crippen molar-refractivity contribution in [3.63, 3.8) is 0 Å². The summed E-state index contributed by atoms with van der Waals surface area (Å²) in [5.41, 5.74) is 5.45. The molecule has 0 heterocycles. The number of thioether (sulfide) groups is 1. The summed E-state index contributed by atoms with van der Waals surface area (Å²) in [5.74, 6) is 0.196. The molecule has 1 amide bonds. The van der Waals surface area contributed by atoms with Gasteiger partial charge in [-0.1, -0.05) is 0 Å². The lowest BCUT2D eigenvalue weighted by Gasteiger charge is -2.12. The van der Waals surface area contributed by atoms with Crippen molar-refractivity contribution in [2.45, 2.75) is 25.1 Å². The minimum Gasteiger partial charge on any atom is -0.354 e. The van der Waals surface area contributed by atoms with E-state index >= 15 is 0 Å². The Kier molecular flexibility index (Phi) is 6.75. The molecule has 1 atom stereocenters. The first-order chi connectivity index (χ1) is 6.87. The Morgan fingerprint density at radius 3 is 2.60 bits per heavy atom. The molecule has 0 unspecified atom stereocenters. The molecule has 0 rings (SSSR count). The molecule has 0 bridgehead atoms. The van der Waals surface area contributed by atoms with E-state index in [1.54, 1.807) is 0 Å². The molecule has 0 radical (unpaired) electrons. The third-order valence-corrected chi connectivity index (χ3v) is 2.32. The second-order valence-corrected chi connectivity index (χ2v) is 4.03. The number of alkyl halides is 3. The van der Waals surface area contributed by atoms with Crippen LogP contribution in [0.1, 0.15) is 12.8 Å². The van der Waals surface area contributed by atoms with Gasteiger partial charge in [-0.3, -0.25) is 4.79 Å². The molecular weight excluding hydrogens is 229 g/mol. The van der Waals surface area contributed by atoms with Gasteiger partial charge in [0.15, 0.2) is 0 Å². The highest BCUT2D eigenvalue weighted by Gasteiger charge is 2.26. The highest BCUT2D eigenvalue weighted by atomic mass is 32.2. The predicted molar refractivity (Wildman–Crippen MR) is 54.7 cm³/mol. The van der Waals surface area contributed by atoms with Crippen LogP contribution in [0.4, 0.5) is 13.2 Å². The van der Waals surface area contributed by atoms with Gasteiger partial charge in [-0.25, -0.2) is 0 Å². The first-order valence-electron chi connectivity index (χ1n) is 4.46. The Morgan fingerprint density at radius 2 is 2.13 bits per heavy atom. The third-order valence-electron chi connectivity index (χ3n) is 1.68. The topological polar surface area (TPSA) is 55.1 Å². The molecule has 7 heteroatoms. The van der Waals surface area contributed by atoms with E-state index in [-0.39, 0.29) is 0 Å². The van der Waals surface area contributed by atoms with Crippen LogP contribution in [0.25, 0.3) is 0 Å². The second kappa shape index (κ2) is 6.95. The lowest BCUT2D eigenvalue weighted by atomic mass is 10.2. The summed E-state index contributed by atoms with van der Waals surface area (Å²) in [4.78, 5) is 11.1. The predicted octanol–water partition coefficient (Wildman–Crippen LogP) is 1.14. The maximum absolute atomic E-state index is 11.7. The molecule has 0 aliphatic heterocycles. The van der Waals surface area contributed by atoms with E-state index in [9.17, 15) is 18.0 Å². The standard InChI is InChI=1S/C8H15F3N2OS/c1-15-5-2-6(12)7(14)13-4-3-8(9,10)11/h6H,2-5,12H2,1H3,(H,13,14)/t6-/m1/s1. The summed E-state index contributed by atoms with van der Waals surface area (Å²) in [7, 11) is 0. The molecule has 0 aliphatic rings. The quantitative estimate of drug-likeness (QED) is 0.736. The van der Waals surface area contributed by atoms with Crippen LogP contribution < -0.4 is 11.1 Å². The maximum Gasteiger partial charge on any atom is 0.390 e. The highest BCUT2D eigenvalue weighted by molar-refractivity contribution is 7.98. The molecule has 0 fully saturated rings. The zero-order valence-corrected chi connectivity index (χ0v) is 9.25. The van der Waals surface area contributed by atoms with Gasteiger partial charge in [0, 0.05) is 6.54 Å². The smallest absolute Gasteiger partial charge is 0.354 e. The number of nitrogens with two attached hydrogens (primary N) is 1. The Balaban J connectivity index is 3.64. The first-order valence-corrected chi connectivity index (χ1v) is 5.85. The summed E-state index contributed by atoms with van der Waals surface area (Å²) >= 11 is 1.54. The fraction of sp³-hybridized carbons (Fsp3) is 0.875. The summed E-state index contributed by atoms with van der Waals surface area (Å²) < 4.78 is 35.2. The third kappa shape index (κ3) is 8.56. The molecule has 0 aromatic rings. The van der Waals surface area contributed by atoms with Gasteiger partial charge in [-0.15, -0.1) is 0 Å². The zero-order valence-electron chi connectivity index (χ0n) is 8.43. The number of carbonyl (C=O) groups excluding carboxylic acids is 1. The van der Waals surface area contributed by atoms with E-state index in [0.29, 0.717) is 12.2 Å². The van der Waals surface area contributed by atoms with E-state index in [0.717, 1.165) is 0 Å². The van der Waals surface area contributed by atoms with Crippen LogP contribution in [0.5, 0.6) is 0 Å². The minimum absolute atomic E-state index is 0.407. The second-order valence-electron chi connectivity index (χ2n) is 3.04. The number of nitrogens with one attached hydrogen (secondary N) is 1. The van der Waals surface area contributed by atoms with Gasteiger partial charge in [0.1, 0.15) is 0 Å². The highest BCUT2D eigenvalue weighted by Crippen LogP contribution is 2.18. The van der Waals surface area contributed by atoms with Crippen molar-refractivity contribution in [3.8, 4) is 0 Å². The Labute approximate surface area is 91.0 Å². The van der Waals surface area contributed by atoms with E-state index in [1.807, 2.05) is 6.26 Å².